The number of pyridine rings is 1. The van der Waals surface area contributed by atoms with Gasteiger partial charge in [0.15, 0.2) is 0 Å². The summed E-state index contributed by atoms with van der Waals surface area (Å²) < 4.78 is 20.6. The van der Waals surface area contributed by atoms with Crippen LogP contribution in [0.2, 0.25) is 0 Å². The molecule has 0 aliphatic rings. The van der Waals surface area contributed by atoms with E-state index in [-0.39, 0.29) is 11.5 Å². The molecule has 58 valence electrons. The molecular formula is C6H7N3O2. The van der Waals surface area contributed by atoms with Gasteiger partial charge in [0, 0.05) is 23.4 Å². The summed E-state index contributed by atoms with van der Waals surface area (Å²) in [5.41, 5.74) is -0.202. The van der Waals surface area contributed by atoms with Crippen LogP contribution < -0.4 is 5.32 Å². The van der Waals surface area contributed by atoms with E-state index in [4.69, 9.17) is 4.11 Å². The van der Waals surface area contributed by atoms with E-state index in [1.54, 1.807) is 0 Å². The predicted molar refractivity (Wildman–Crippen MR) is 40.4 cm³/mol. The first-order chi connectivity index (χ1) is 6.38. The number of aromatic nitrogens is 1. The van der Waals surface area contributed by atoms with E-state index >= 15 is 0 Å². The van der Waals surface area contributed by atoms with E-state index in [0.29, 0.717) is 0 Å². The Morgan fingerprint density at radius 2 is 2.73 bits per heavy atom. The maximum absolute atomic E-state index is 10.3. The molecule has 11 heavy (non-hydrogen) atoms. The molecule has 5 heteroatoms. The number of hydrogen-bond donors (Lipinski definition) is 1. The summed E-state index contributed by atoms with van der Waals surface area (Å²) in [5, 5.41) is 12.4. The number of nitrogens with one attached hydrogen (secondary N) is 1. The van der Waals surface area contributed by atoms with Gasteiger partial charge in [0.25, 0.3) is 5.69 Å². The molecule has 0 bridgehead atoms. The molecule has 0 saturated carbocycles. The number of rotatable bonds is 2. The van der Waals surface area contributed by atoms with Crippen molar-refractivity contribution in [2.45, 2.75) is 0 Å². The van der Waals surface area contributed by atoms with Crippen LogP contribution in [-0.4, -0.2) is 16.9 Å². The van der Waals surface area contributed by atoms with Gasteiger partial charge in [0.1, 0.15) is 5.82 Å². The van der Waals surface area contributed by atoms with Gasteiger partial charge in [0.05, 0.1) is 11.0 Å². The Bertz CT molecular complexity index is 352. The van der Waals surface area contributed by atoms with Crippen molar-refractivity contribution in [1.29, 1.82) is 0 Å². The van der Waals surface area contributed by atoms with Gasteiger partial charge in [0.2, 0.25) is 0 Å². The summed E-state index contributed by atoms with van der Waals surface area (Å²) in [7, 11) is 0. The van der Waals surface area contributed by atoms with Crippen molar-refractivity contribution in [2.75, 3.05) is 12.3 Å². The molecule has 0 aliphatic heterocycles. The normalized spacial score (nSPS) is 14.4. The Balaban J connectivity index is 2.89. The second kappa shape index (κ2) is 2.96. The van der Waals surface area contributed by atoms with E-state index in [2.05, 4.69) is 10.3 Å². The van der Waals surface area contributed by atoms with Crippen LogP contribution in [0.4, 0.5) is 11.5 Å². The highest BCUT2D eigenvalue weighted by atomic mass is 16.6. The molecule has 1 N–H and O–H groups in total. The molecule has 0 atom stereocenters. The molecule has 0 aliphatic carbocycles. The van der Waals surface area contributed by atoms with Gasteiger partial charge < -0.3 is 5.32 Å². The minimum atomic E-state index is -2.40. The fourth-order valence-electron chi connectivity index (χ4n) is 0.601. The highest BCUT2D eigenvalue weighted by Crippen LogP contribution is 2.12. The molecule has 1 aromatic heterocycles. The Hall–Kier alpha value is -1.65. The summed E-state index contributed by atoms with van der Waals surface area (Å²) in [5.74, 6) is -0.0424. The zero-order valence-electron chi connectivity index (χ0n) is 8.44. The van der Waals surface area contributed by atoms with E-state index in [9.17, 15) is 10.1 Å². The average Bonchev–Trinajstić information content (AvgIpc) is 2.01. The smallest absolute Gasteiger partial charge is 0.274 e. The lowest BCUT2D eigenvalue weighted by Gasteiger charge is -1.95. The number of nitro groups is 1. The lowest BCUT2D eigenvalue weighted by Crippen LogP contribution is -1.94. The Kier molecular flexibility index (Phi) is 1.15. The van der Waals surface area contributed by atoms with Gasteiger partial charge in [-0.2, -0.15) is 0 Å². The summed E-state index contributed by atoms with van der Waals surface area (Å²) >= 11 is 0. The van der Waals surface area contributed by atoms with Crippen LogP contribution in [0.25, 0.3) is 0 Å². The van der Waals surface area contributed by atoms with Crippen molar-refractivity contribution in [3.63, 3.8) is 0 Å². The second-order valence-corrected chi connectivity index (χ2v) is 1.78. The SMILES string of the molecule is [2H]C([2H])([2H])Nc1cc([N+](=O)[O-])ccn1. The molecule has 0 fully saturated rings. The third kappa shape index (κ3) is 1.64. The fourth-order valence-corrected chi connectivity index (χ4v) is 0.601. The molecule has 0 radical (unpaired) electrons. The molecule has 1 heterocycles. The third-order valence-electron chi connectivity index (χ3n) is 1.08. The summed E-state index contributed by atoms with van der Waals surface area (Å²) in [4.78, 5) is 13.3. The molecule has 0 saturated heterocycles. The van der Waals surface area contributed by atoms with Gasteiger partial charge in [-0.3, -0.25) is 10.1 Å². The molecule has 0 spiro atoms. The zero-order chi connectivity index (χ0) is 10.8. The minimum absolute atomic E-state index is 0.0424. The first-order valence-electron chi connectivity index (χ1n) is 4.27. The van der Waals surface area contributed by atoms with Crippen molar-refractivity contribution in [2.24, 2.45) is 0 Å². The van der Waals surface area contributed by atoms with E-state index < -0.39 is 11.9 Å². The quantitative estimate of drug-likeness (QED) is 0.513. The van der Waals surface area contributed by atoms with Crippen molar-refractivity contribution in [3.05, 3.63) is 28.4 Å². The third-order valence-corrected chi connectivity index (χ3v) is 1.08. The molecule has 0 unspecified atom stereocenters. The van der Waals surface area contributed by atoms with Gasteiger partial charge in [-0.25, -0.2) is 4.98 Å². The number of nitrogens with zero attached hydrogens (tertiary/aromatic N) is 2. The Labute approximate surface area is 67.4 Å². The highest BCUT2D eigenvalue weighted by Gasteiger charge is 2.04. The van der Waals surface area contributed by atoms with Crippen LogP contribution in [0.3, 0.4) is 0 Å². The van der Waals surface area contributed by atoms with Crippen LogP contribution in [0, 0.1) is 10.1 Å². The topological polar surface area (TPSA) is 68.1 Å². The lowest BCUT2D eigenvalue weighted by atomic mass is 10.4. The van der Waals surface area contributed by atoms with Crippen LogP contribution in [0.1, 0.15) is 4.11 Å². The van der Waals surface area contributed by atoms with Crippen LogP contribution in [-0.2, 0) is 0 Å². The summed E-state index contributed by atoms with van der Waals surface area (Å²) in [6.45, 7) is -2.40. The average molecular weight is 156 g/mol. The fraction of sp³-hybridized carbons (Fsp3) is 0.167. The van der Waals surface area contributed by atoms with Gasteiger partial charge in [-0.15, -0.1) is 0 Å². The van der Waals surface area contributed by atoms with Crippen LogP contribution in [0.15, 0.2) is 18.3 Å². The van der Waals surface area contributed by atoms with E-state index in [1.807, 2.05) is 0 Å². The second-order valence-electron chi connectivity index (χ2n) is 1.78. The summed E-state index contributed by atoms with van der Waals surface area (Å²) in [6, 6.07) is 2.25. The van der Waals surface area contributed by atoms with Gasteiger partial charge in [-0.05, 0) is 0 Å². The number of anilines is 1. The molecule has 1 aromatic rings. The molecule has 1 rings (SSSR count). The maximum atomic E-state index is 10.3. The van der Waals surface area contributed by atoms with Crippen LogP contribution >= 0.6 is 0 Å². The van der Waals surface area contributed by atoms with E-state index in [1.165, 1.54) is 12.3 Å². The first-order valence-corrected chi connectivity index (χ1v) is 2.77. The maximum Gasteiger partial charge on any atom is 0.274 e. The molecule has 5 nitrogen and oxygen atoms in total. The zero-order valence-corrected chi connectivity index (χ0v) is 5.44. The van der Waals surface area contributed by atoms with Gasteiger partial charge >= 0.3 is 0 Å². The largest absolute Gasteiger partial charge is 0.373 e. The predicted octanol–water partition coefficient (Wildman–Crippen LogP) is 1.03. The van der Waals surface area contributed by atoms with Crippen molar-refractivity contribution >= 4 is 11.5 Å². The van der Waals surface area contributed by atoms with Crippen LogP contribution in [0.5, 0.6) is 0 Å². The monoisotopic (exact) mass is 156 g/mol. The highest BCUT2D eigenvalue weighted by molar-refractivity contribution is 5.43. The van der Waals surface area contributed by atoms with Crippen molar-refractivity contribution < 1.29 is 9.04 Å². The molecule has 0 amide bonds. The van der Waals surface area contributed by atoms with Crippen molar-refractivity contribution in [3.8, 4) is 0 Å². The van der Waals surface area contributed by atoms with Crippen molar-refractivity contribution in [1.82, 2.24) is 4.98 Å². The molecular weight excluding hydrogens is 146 g/mol. The Morgan fingerprint density at radius 1 is 1.91 bits per heavy atom. The number of hydrogen-bond acceptors (Lipinski definition) is 4. The van der Waals surface area contributed by atoms with Gasteiger partial charge in [-0.1, -0.05) is 0 Å². The standard InChI is InChI=1S/C6H7N3O2/c1-7-6-4-5(9(10)11)2-3-8-6/h2-4H,1H3,(H,7,8)/i1D3. The Morgan fingerprint density at radius 3 is 3.36 bits per heavy atom. The first kappa shape index (κ1) is 4.27. The summed E-state index contributed by atoms with van der Waals surface area (Å²) in [6.07, 6.45) is 1.17. The van der Waals surface area contributed by atoms with E-state index in [0.717, 1.165) is 6.07 Å². The molecule has 0 aromatic carbocycles. The lowest BCUT2D eigenvalue weighted by molar-refractivity contribution is -0.384. The minimum Gasteiger partial charge on any atom is -0.373 e.